The predicted octanol–water partition coefficient (Wildman–Crippen LogP) is 3.71. The van der Waals surface area contributed by atoms with E-state index in [1.54, 1.807) is 30.0 Å². The summed E-state index contributed by atoms with van der Waals surface area (Å²) >= 11 is 1.74. The number of nitrogens with zero attached hydrogens (tertiary/aromatic N) is 1. The number of aryl methyl sites for hydroxylation is 1. The number of carbonyl (C=O) groups is 1. The Morgan fingerprint density at radius 3 is 2.52 bits per heavy atom. The fraction of sp³-hybridized carbons (Fsp3) is 0.227. The van der Waals surface area contributed by atoms with Crippen molar-refractivity contribution in [3.63, 3.8) is 0 Å². The summed E-state index contributed by atoms with van der Waals surface area (Å²) in [5.74, 6) is 1.35. The van der Waals surface area contributed by atoms with Crippen LogP contribution in [0.2, 0.25) is 0 Å². The Morgan fingerprint density at radius 2 is 1.76 bits per heavy atom. The molecule has 1 aliphatic heterocycles. The molecule has 1 N–H and O–H groups in total. The Morgan fingerprint density at radius 1 is 1.03 bits per heavy atom. The van der Waals surface area contributed by atoms with E-state index in [0.29, 0.717) is 17.6 Å². The minimum atomic E-state index is -3.70. The van der Waals surface area contributed by atoms with E-state index in [-0.39, 0.29) is 17.3 Å². The van der Waals surface area contributed by atoms with Gasteiger partial charge in [0, 0.05) is 23.4 Å². The lowest BCUT2D eigenvalue weighted by Crippen LogP contribution is -2.39. The van der Waals surface area contributed by atoms with Gasteiger partial charge in [0.2, 0.25) is 5.91 Å². The van der Waals surface area contributed by atoms with Crippen LogP contribution in [0.5, 0.6) is 0 Å². The summed E-state index contributed by atoms with van der Waals surface area (Å²) in [5.41, 5.74) is 3.06. The molecule has 5 nitrogen and oxygen atoms in total. The number of amides is 1. The van der Waals surface area contributed by atoms with E-state index >= 15 is 0 Å². The Kier molecular flexibility index (Phi) is 5.52. The Bertz CT molecular complexity index is 1150. The van der Waals surface area contributed by atoms with Crippen molar-refractivity contribution in [3.8, 4) is 0 Å². The number of thioether (sulfide) groups is 1. The maximum absolute atomic E-state index is 12.9. The van der Waals surface area contributed by atoms with E-state index < -0.39 is 10.0 Å². The highest BCUT2D eigenvalue weighted by Crippen LogP contribution is 2.41. The summed E-state index contributed by atoms with van der Waals surface area (Å²) in [6.07, 6.45) is 0. The highest BCUT2D eigenvalue weighted by Gasteiger charge is 2.36. The monoisotopic (exact) mass is 426 g/mol. The lowest BCUT2D eigenvalue weighted by atomic mass is 10.1. The summed E-state index contributed by atoms with van der Waals surface area (Å²) in [6.45, 7) is 2.35. The number of hydrogen-bond donors (Lipinski definition) is 1. The molecule has 1 amide bonds. The second-order valence-electron chi connectivity index (χ2n) is 7.03. The zero-order valence-electron chi connectivity index (χ0n) is 16.1. The van der Waals surface area contributed by atoms with Crippen LogP contribution in [0.3, 0.4) is 0 Å². The molecule has 0 saturated heterocycles. The van der Waals surface area contributed by atoms with Gasteiger partial charge in [-0.05, 0) is 30.0 Å². The van der Waals surface area contributed by atoms with Gasteiger partial charge in [0.1, 0.15) is 6.54 Å². The van der Waals surface area contributed by atoms with Crippen LogP contribution in [0.4, 0.5) is 5.69 Å². The minimum Gasteiger partial charge on any atom is -0.354 e. The van der Waals surface area contributed by atoms with Gasteiger partial charge in [-0.1, -0.05) is 54.1 Å². The number of carbonyl (C=O) groups excluding carboxylic acids is 1. The van der Waals surface area contributed by atoms with Crippen molar-refractivity contribution in [2.24, 2.45) is 0 Å². The maximum Gasteiger partial charge on any atom is 0.265 e. The molecule has 0 unspecified atom stereocenters. The standard InChI is InChI=1S/C22H22N2O3S2/c1-16-8-10-17(11-9-16)15-28-13-12-23-21(25)14-24-19-6-2-4-18-5-3-7-20(22(18)19)29(24,26)27/h2-11H,12-15H2,1H3,(H,23,25). The van der Waals surface area contributed by atoms with Gasteiger partial charge in [-0.15, -0.1) is 0 Å². The van der Waals surface area contributed by atoms with E-state index in [4.69, 9.17) is 0 Å². The average Bonchev–Trinajstić information content (AvgIpc) is 2.92. The highest BCUT2D eigenvalue weighted by atomic mass is 32.2. The minimum absolute atomic E-state index is 0.210. The molecule has 1 aliphatic rings. The van der Waals surface area contributed by atoms with Crippen molar-refractivity contribution >= 4 is 44.2 Å². The van der Waals surface area contributed by atoms with Crippen LogP contribution >= 0.6 is 11.8 Å². The van der Waals surface area contributed by atoms with Crippen molar-refractivity contribution in [2.45, 2.75) is 17.6 Å². The van der Waals surface area contributed by atoms with Crippen molar-refractivity contribution in [1.82, 2.24) is 5.32 Å². The first-order valence-corrected chi connectivity index (χ1v) is 12.0. The predicted molar refractivity (Wildman–Crippen MR) is 119 cm³/mol. The average molecular weight is 427 g/mol. The first-order chi connectivity index (χ1) is 14.0. The summed E-state index contributed by atoms with van der Waals surface area (Å²) in [6, 6.07) is 19.1. The van der Waals surface area contributed by atoms with E-state index in [1.807, 2.05) is 18.2 Å². The fourth-order valence-corrected chi connectivity index (χ4v) is 5.94. The van der Waals surface area contributed by atoms with E-state index in [0.717, 1.165) is 16.9 Å². The molecule has 3 aromatic rings. The van der Waals surface area contributed by atoms with Gasteiger partial charge in [-0.2, -0.15) is 11.8 Å². The lowest BCUT2D eigenvalue weighted by molar-refractivity contribution is -0.119. The molecule has 0 bridgehead atoms. The largest absolute Gasteiger partial charge is 0.354 e. The molecule has 0 aliphatic carbocycles. The summed E-state index contributed by atoms with van der Waals surface area (Å²) < 4.78 is 27.0. The second-order valence-corrected chi connectivity index (χ2v) is 9.97. The van der Waals surface area contributed by atoms with Crippen LogP contribution in [0.1, 0.15) is 11.1 Å². The zero-order chi connectivity index (χ0) is 20.4. The summed E-state index contributed by atoms with van der Waals surface area (Å²) in [4.78, 5) is 12.7. The summed E-state index contributed by atoms with van der Waals surface area (Å²) in [7, 11) is -3.70. The molecule has 3 aromatic carbocycles. The fourth-order valence-electron chi connectivity index (χ4n) is 3.45. The number of hydrogen-bond acceptors (Lipinski definition) is 4. The third-order valence-corrected chi connectivity index (χ3v) is 7.76. The summed E-state index contributed by atoms with van der Waals surface area (Å²) in [5, 5.41) is 4.39. The van der Waals surface area contributed by atoms with Crippen LogP contribution in [-0.2, 0) is 20.6 Å². The third-order valence-electron chi connectivity index (χ3n) is 4.93. The second kappa shape index (κ2) is 8.08. The van der Waals surface area contributed by atoms with Gasteiger partial charge in [-0.3, -0.25) is 9.10 Å². The first-order valence-electron chi connectivity index (χ1n) is 9.41. The Labute approximate surface area is 175 Å². The van der Waals surface area contributed by atoms with E-state index in [9.17, 15) is 13.2 Å². The van der Waals surface area contributed by atoms with Crippen LogP contribution in [0.25, 0.3) is 10.8 Å². The molecule has 4 rings (SSSR count). The van der Waals surface area contributed by atoms with Crippen LogP contribution in [0, 0.1) is 6.92 Å². The molecule has 150 valence electrons. The normalized spacial score (nSPS) is 14.3. The number of benzene rings is 3. The molecule has 0 aromatic heterocycles. The molecule has 0 spiro atoms. The van der Waals surface area contributed by atoms with Crippen molar-refractivity contribution < 1.29 is 13.2 Å². The molecule has 7 heteroatoms. The van der Waals surface area contributed by atoms with Crippen molar-refractivity contribution in [1.29, 1.82) is 0 Å². The Balaban J connectivity index is 1.33. The van der Waals surface area contributed by atoms with Crippen LogP contribution < -0.4 is 9.62 Å². The molecular weight excluding hydrogens is 404 g/mol. The SMILES string of the molecule is Cc1ccc(CSCCNC(=O)CN2c3cccc4cccc(c34)S2(=O)=O)cc1. The van der Waals surface area contributed by atoms with Crippen LogP contribution in [0.15, 0.2) is 65.6 Å². The first kappa shape index (κ1) is 19.8. The van der Waals surface area contributed by atoms with Crippen molar-refractivity contribution in [2.75, 3.05) is 23.1 Å². The highest BCUT2D eigenvalue weighted by molar-refractivity contribution is 7.98. The molecular formula is C22H22N2O3S2. The third kappa shape index (κ3) is 3.97. The van der Waals surface area contributed by atoms with Gasteiger partial charge >= 0.3 is 0 Å². The molecule has 0 saturated carbocycles. The lowest BCUT2D eigenvalue weighted by Gasteiger charge is -2.18. The molecule has 29 heavy (non-hydrogen) atoms. The van der Waals surface area contributed by atoms with E-state index in [1.165, 1.54) is 15.4 Å². The quantitative estimate of drug-likeness (QED) is 0.585. The topological polar surface area (TPSA) is 66.5 Å². The molecule has 0 radical (unpaired) electrons. The van der Waals surface area contributed by atoms with Gasteiger partial charge in [0.25, 0.3) is 10.0 Å². The zero-order valence-corrected chi connectivity index (χ0v) is 17.7. The van der Waals surface area contributed by atoms with Gasteiger partial charge in [0.15, 0.2) is 0 Å². The van der Waals surface area contributed by atoms with Gasteiger partial charge < -0.3 is 5.32 Å². The number of rotatable bonds is 7. The molecule has 0 fully saturated rings. The smallest absolute Gasteiger partial charge is 0.265 e. The van der Waals surface area contributed by atoms with Gasteiger partial charge in [-0.25, -0.2) is 8.42 Å². The maximum atomic E-state index is 12.9. The molecule has 0 atom stereocenters. The van der Waals surface area contributed by atoms with Crippen LogP contribution in [-0.4, -0.2) is 33.2 Å². The number of anilines is 1. The Hall–Kier alpha value is -2.51. The number of sulfonamides is 1. The van der Waals surface area contributed by atoms with Crippen molar-refractivity contribution in [3.05, 3.63) is 71.8 Å². The van der Waals surface area contributed by atoms with Gasteiger partial charge in [0.05, 0.1) is 10.6 Å². The van der Waals surface area contributed by atoms with E-state index in [2.05, 4.69) is 36.5 Å². The number of nitrogens with one attached hydrogen (secondary N) is 1. The molecule has 1 heterocycles.